The molecule has 0 saturated heterocycles. The molecule has 0 fully saturated rings. The smallest absolute Gasteiger partial charge is 0.206 e. The molecule has 122 valence electrons. The van der Waals surface area contributed by atoms with Gasteiger partial charge in [0.15, 0.2) is 0 Å². The van der Waals surface area contributed by atoms with Gasteiger partial charge < -0.3 is 16.8 Å². The summed E-state index contributed by atoms with van der Waals surface area (Å²) in [6, 6.07) is 16.0. The molecule has 24 heavy (non-hydrogen) atoms. The summed E-state index contributed by atoms with van der Waals surface area (Å²) in [5, 5.41) is 3.02. The summed E-state index contributed by atoms with van der Waals surface area (Å²) in [7, 11) is -3.66. The molecular formula is C17H16N4O2S. The van der Waals surface area contributed by atoms with Crippen molar-refractivity contribution in [1.82, 2.24) is 4.98 Å². The Morgan fingerprint density at radius 2 is 1.58 bits per heavy atom. The molecule has 0 saturated carbocycles. The lowest BCUT2D eigenvalue weighted by Crippen LogP contribution is -2.05. The van der Waals surface area contributed by atoms with Crippen LogP contribution >= 0.6 is 0 Å². The normalized spacial score (nSPS) is 11.2. The Hall–Kier alpha value is -3.06. The van der Waals surface area contributed by atoms with Gasteiger partial charge in [0.1, 0.15) is 5.82 Å². The summed E-state index contributed by atoms with van der Waals surface area (Å²) in [6.45, 7) is 0. The minimum absolute atomic E-state index is 0.139. The highest BCUT2D eigenvalue weighted by Gasteiger charge is 2.18. The van der Waals surface area contributed by atoms with Gasteiger partial charge in [0.05, 0.1) is 21.2 Å². The van der Waals surface area contributed by atoms with E-state index in [-0.39, 0.29) is 9.79 Å². The van der Waals surface area contributed by atoms with E-state index in [2.05, 4.69) is 10.3 Å². The van der Waals surface area contributed by atoms with E-state index in [9.17, 15) is 8.42 Å². The third-order valence-electron chi connectivity index (χ3n) is 3.45. The van der Waals surface area contributed by atoms with Crippen molar-refractivity contribution in [2.45, 2.75) is 9.79 Å². The van der Waals surface area contributed by atoms with Crippen LogP contribution in [-0.2, 0) is 9.84 Å². The SMILES string of the molecule is Nc1ccc(S(=O)(=O)c2ccc(N)c(Nc3ccccn3)c2)cc1. The number of nitrogens with two attached hydrogens (primary N) is 2. The summed E-state index contributed by atoms with van der Waals surface area (Å²) in [4.78, 5) is 4.46. The van der Waals surface area contributed by atoms with E-state index in [4.69, 9.17) is 11.5 Å². The van der Waals surface area contributed by atoms with Crippen molar-refractivity contribution in [1.29, 1.82) is 0 Å². The second-order valence-electron chi connectivity index (χ2n) is 5.16. The quantitative estimate of drug-likeness (QED) is 0.630. The maximum atomic E-state index is 12.7. The average Bonchev–Trinajstić information content (AvgIpc) is 2.58. The molecule has 1 heterocycles. The van der Waals surface area contributed by atoms with Crippen molar-refractivity contribution in [2.75, 3.05) is 16.8 Å². The molecule has 3 aromatic rings. The standard InChI is InChI=1S/C17H16N4O2S/c18-12-4-6-13(7-5-12)24(22,23)14-8-9-15(19)16(11-14)21-17-3-1-2-10-20-17/h1-11H,18-19H2,(H,20,21). The van der Waals surface area contributed by atoms with Gasteiger partial charge in [-0.15, -0.1) is 0 Å². The van der Waals surface area contributed by atoms with Gasteiger partial charge in [-0.25, -0.2) is 13.4 Å². The Morgan fingerprint density at radius 3 is 2.25 bits per heavy atom. The largest absolute Gasteiger partial charge is 0.399 e. The van der Waals surface area contributed by atoms with Crippen LogP contribution in [0.3, 0.4) is 0 Å². The lowest BCUT2D eigenvalue weighted by atomic mass is 10.2. The number of aromatic nitrogens is 1. The first-order valence-electron chi connectivity index (χ1n) is 7.15. The Balaban J connectivity index is 2.00. The number of nitrogen functional groups attached to an aromatic ring is 2. The Morgan fingerprint density at radius 1 is 0.875 bits per heavy atom. The third kappa shape index (κ3) is 3.16. The zero-order chi connectivity index (χ0) is 17.2. The van der Waals surface area contributed by atoms with Crippen molar-refractivity contribution in [2.24, 2.45) is 0 Å². The molecule has 0 aliphatic heterocycles. The predicted molar refractivity (Wildman–Crippen MR) is 94.7 cm³/mol. The van der Waals surface area contributed by atoms with Crippen LogP contribution in [0.5, 0.6) is 0 Å². The number of rotatable bonds is 4. The van der Waals surface area contributed by atoms with E-state index in [0.717, 1.165) is 0 Å². The lowest BCUT2D eigenvalue weighted by Gasteiger charge is -2.11. The van der Waals surface area contributed by atoms with Crippen LogP contribution in [0.1, 0.15) is 0 Å². The third-order valence-corrected chi connectivity index (χ3v) is 5.22. The van der Waals surface area contributed by atoms with Gasteiger partial charge in [0, 0.05) is 11.9 Å². The first kappa shape index (κ1) is 15.8. The second-order valence-corrected chi connectivity index (χ2v) is 7.11. The summed E-state index contributed by atoms with van der Waals surface area (Å²) in [6.07, 6.45) is 1.63. The number of nitrogens with one attached hydrogen (secondary N) is 1. The highest BCUT2D eigenvalue weighted by molar-refractivity contribution is 7.91. The topological polar surface area (TPSA) is 111 Å². The molecular weight excluding hydrogens is 324 g/mol. The summed E-state index contributed by atoms with van der Waals surface area (Å²) >= 11 is 0. The van der Waals surface area contributed by atoms with Gasteiger partial charge >= 0.3 is 0 Å². The Labute approximate surface area is 140 Å². The van der Waals surface area contributed by atoms with Crippen LogP contribution in [0.2, 0.25) is 0 Å². The summed E-state index contributed by atoms with van der Waals surface area (Å²) in [5.74, 6) is 0.575. The molecule has 1 aromatic heterocycles. The van der Waals surface area contributed by atoms with Crippen molar-refractivity contribution < 1.29 is 8.42 Å². The van der Waals surface area contributed by atoms with Gasteiger partial charge in [-0.05, 0) is 54.6 Å². The van der Waals surface area contributed by atoms with Gasteiger partial charge in [-0.3, -0.25) is 0 Å². The number of hydrogen-bond acceptors (Lipinski definition) is 6. The first-order valence-corrected chi connectivity index (χ1v) is 8.63. The van der Waals surface area contributed by atoms with Crippen molar-refractivity contribution in [3.05, 3.63) is 66.9 Å². The van der Waals surface area contributed by atoms with Crippen LogP contribution in [0.15, 0.2) is 76.7 Å². The van der Waals surface area contributed by atoms with Crippen LogP contribution in [0.4, 0.5) is 22.9 Å². The molecule has 7 heteroatoms. The fourth-order valence-corrected chi connectivity index (χ4v) is 3.46. The predicted octanol–water partition coefficient (Wildman–Crippen LogP) is 2.82. The van der Waals surface area contributed by atoms with Crippen LogP contribution in [0.25, 0.3) is 0 Å². The van der Waals surface area contributed by atoms with E-state index in [1.165, 1.54) is 24.3 Å². The minimum atomic E-state index is -3.66. The van der Waals surface area contributed by atoms with E-state index < -0.39 is 9.84 Å². The molecule has 0 aliphatic rings. The Bertz CT molecular complexity index is 956. The highest BCUT2D eigenvalue weighted by Crippen LogP contribution is 2.29. The maximum absolute atomic E-state index is 12.7. The molecule has 0 aliphatic carbocycles. The lowest BCUT2D eigenvalue weighted by molar-refractivity contribution is 0.596. The maximum Gasteiger partial charge on any atom is 0.206 e. The number of pyridine rings is 1. The van der Waals surface area contributed by atoms with E-state index in [1.807, 2.05) is 6.07 Å². The minimum Gasteiger partial charge on any atom is -0.399 e. The number of hydrogen-bond donors (Lipinski definition) is 3. The fourth-order valence-electron chi connectivity index (χ4n) is 2.17. The van der Waals surface area contributed by atoms with E-state index in [1.54, 1.807) is 36.5 Å². The number of benzene rings is 2. The number of anilines is 4. The molecule has 0 spiro atoms. The zero-order valence-electron chi connectivity index (χ0n) is 12.7. The summed E-state index contributed by atoms with van der Waals surface area (Å²) < 4.78 is 25.5. The van der Waals surface area contributed by atoms with Gasteiger partial charge in [0.2, 0.25) is 9.84 Å². The molecule has 0 radical (unpaired) electrons. The van der Waals surface area contributed by atoms with Gasteiger partial charge in [-0.1, -0.05) is 6.07 Å². The molecule has 6 nitrogen and oxygen atoms in total. The number of sulfone groups is 1. The molecule has 0 unspecified atom stereocenters. The van der Waals surface area contributed by atoms with Gasteiger partial charge in [0.25, 0.3) is 0 Å². The summed E-state index contributed by atoms with van der Waals surface area (Å²) in [5.41, 5.74) is 13.0. The molecule has 0 amide bonds. The first-order chi connectivity index (χ1) is 11.5. The van der Waals surface area contributed by atoms with E-state index in [0.29, 0.717) is 22.9 Å². The number of nitrogens with zero attached hydrogens (tertiary/aromatic N) is 1. The van der Waals surface area contributed by atoms with Crippen LogP contribution in [0, 0.1) is 0 Å². The monoisotopic (exact) mass is 340 g/mol. The van der Waals surface area contributed by atoms with Crippen molar-refractivity contribution in [3.8, 4) is 0 Å². The van der Waals surface area contributed by atoms with Gasteiger partial charge in [-0.2, -0.15) is 0 Å². The molecule has 0 atom stereocenters. The van der Waals surface area contributed by atoms with Crippen molar-refractivity contribution >= 4 is 32.7 Å². The molecule has 2 aromatic carbocycles. The molecule has 5 N–H and O–H groups in total. The van der Waals surface area contributed by atoms with Crippen LogP contribution in [-0.4, -0.2) is 13.4 Å². The average molecular weight is 340 g/mol. The molecule has 3 rings (SSSR count). The van der Waals surface area contributed by atoms with E-state index >= 15 is 0 Å². The zero-order valence-corrected chi connectivity index (χ0v) is 13.5. The Kier molecular flexibility index (Phi) is 4.09. The fraction of sp³-hybridized carbons (Fsp3) is 0. The van der Waals surface area contributed by atoms with Crippen LogP contribution < -0.4 is 16.8 Å². The highest BCUT2D eigenvalue weighted by atomic mass is 32.2. The van der Waals surface area contributed by atoms with Crippen molar-refractivity contribution in [3.63, 3.8) is 0 Å². The second kappa shape index (κ2) is 6.21. The molecule has 0 bridgehead atoms.